The quantitative estimate of drug-likeness (QED) is 0.132. The number of hydrogen-bond acceptors (Lipinski definition) is 4. The number of rotatable bonds is 8. The Labute approximate surface area is 263 Å². The van der Waals surface area contributed by atoms with Gasteiger partial charge in [-0.25, -0.2) is 9.18 Å². The summed E-state index contributed by atoms with van der Waals surface area (Å²) in [6, 6.07) is 3.71. The van der Waals surface area contributed by atoms with Gasteiger partial charge in [0, 0.05) is 30.3 Å². The van der Waals surface area contributed by atoms with E-state index in [4.69, 9.17) is 10.00 Å². The van der Waals surface area contributed by atoms with Crippen molar-refractivity contribution < 1.29 is 18.7 Å². The molecule has 1 saturated heterocycles. The lowest BCUT2D eigenvalue weighted by molar-refractivity contribution is -0.132. The molecular formula is C35H41BrFN3O3. The number of halogens is 2. The van der Waals surface area contributed by atoms with Crippen molar-refractivity contribution in [3.63, 3.8) is 0 Å². The van der Waals surface area contributed by atoms with E-state index in [0.717, 1.165) is 18.4 Å². The van der Waals surface area contributed by atoms with Crippen LogP contribution in [0, 0.1) is 35.4 Å². The van der Waals surface area contributed by atoms with Crippen LogP contribution in [-0.2, 0) is 9.53 Å². The van der Waals surface area contributed by atoms with E-state index >= 15 is 4.39 Å². The molecule has 2 aliphatic heterocycles. The number of ether oxygens (including phenoxy) is 1. The van der Waals surface area contributed by atoms with E-state index in [2.05, 4.69) is 60.4 Å². The second-order valence-electron chi connectivity index (χ2n) is 12.5. The van der Waals surface area contributed by atoms with E-state index in [1.165, 1.54) is 22.6 Å². The number of nitrogens with zero attached hydrogens (tertiary/aromatic N) is 2. The van der Waals surface area contributed by atoms with Gasteiger partial charge < -0.3 is 15.0 Å². The lowest BCUT2D eigenvalue weighted by Gasteiger charge is -2.47. The van der Waals surface area contributed by atoms with Crippen LogP contribution in [0.3, 0.4) is 0 Å². The summed E-state index contributed by atoms with van der Waals surface area (Å²) in [5, 5.41) is 12.2. The fraction of sp³-hybridized carbons (Fsp3) is 0.429. The molecular weight excluding hydrogens is 609 g/mol. The molecule has 0 aromatic heterocycles. The third kappa shape index (κ3) is 7.29. The SMILES string of the molecule is C=C=C(/C=C(/C)CC(C=C(C)C)CC)C1=C(c2cc(/C=C/C#N)c(Br)c(F)c2C)C2(CN(C(=O)OC(C)(C)C)C2)C(=O)N1. The van der Waals surface area contributed by atoms with Crippen LogP contribution in [0.25, 0.3) is 11.6 Å². The van der Waals surface area contributed by atoms with E-state index in [1.54, 1.807) is 33.8 Å². The Hall–Kier alpha value is -3.66. The van der Waals surface area contributed by atoms with Crippen molar-refractivity contribution >= 4 is 39.6 Å². The van der Waals surface area contributed by atoms with Crippen molar-refractivity contribution in [3.8, 4) is 6.07 Å². The van der Waals surface area contributed by atoms with Crippen LogP contribution in [0.1, 0.15) is 78.0 Å². The fourth-order valence-electron chi connectivity index (χ4n) is 5.57. The molecule has 3 rings (SSSR count). The van der Waals surface area contributed by atoms with Gasteiger partial charge in [0.1, 0.15) is 16.8 Å². The van der Waals surface area contributed by atoms with Crippen LogP contribution >= 0.6 is 15.9 Å². The zero-order valence-corrected chi connectivity index (χ0v) is 28.0. The maximum Gasteiger partial charge on any atom is 0.410 e. The number of carbonyl (C=O) groups excluding carboxylic acids is 2. The minimum Gasteiger partial charge on any atom is -0.444 e. The molecule has 1 fully saturated rings. The summed E-state index contributed by atoms with van der Waals surface area (Å²) in [7, 11) is 0. The van der Waals surface area contributed by atoms with Crippen molar-refractivity contribution in [1.29, 1.82) is 5.26 Å². The monoisotopic (exact) mass is 649 g/mol. The Bertz CT molecular complexity index is 1530. The smallest absolute Gasteiger partial charge is 0.410 e. The maximum absolute atomic E-state index is 15.7. The Morgan fingerprint density at radius 1 is 1.33 bits per heavy atom. The molecule has 2 aliphatic rings. The topological polar surface area (TPSA) is 82.4 Å². The van der Waals surface area contributed by atoms with Gasteiger partial charge in [-0.2, -0.15) is 5.26 Å². The largest absolute Gasteiger partial charge is 0.444 e. The van der Waals surface area contributed by atoms with E-state index < -0.39 is 22.9 Å². The molecule has 0 bridgehead atoms. The van der Waals surface area contributed by atoms with Crippen molar-refractivity contribution in [2.24, 2.45) is 11.3 Å². The summed E-state index contributed by atoms with van der Waals surface area (Å²) in [5.74, 6) is -0.427. The van der Waals surface area contributed by atoms with Crippen LogP contribution in [0.15, 0.2) is 63.5 Å². The van der Waals surface area contributed by atoms with E-state index in [-0.39, 0.29) is 23.5 Å². The van der Waals surface area contributed by atoms with E-state index in [0.29, 0.717) is 39.5 Å². The van der Waals surface area contributed by atoms with Gasteiger partial charge in [0.25, 0.3) is 0 Å². The first kappa shape index (κ1) is 33.8. The number of amides is 2. The Morgan fingerprint density at radius 3 is 2.51 bits per heavy atom. The van der Waals surface area contributed by atoms with Gasteiger partial charge in [-0.15, -0.1) is 5.73 Å². The third-order valence-corrected chi connectivity index (χ3v) is 8.40. The van der Waals surface area contributed by atoms with Gasteiger partial charge in [-0.1, -0.05) is 30.7 Å². The molecule has 1 atom stereocenters. The number of benzene rings is 1. The number of nitrogens with one attached hydrogen (secondary N) is 1. The highest BCUT2D eigenvalue weighted by Crippen LogP contribution is 2.51. The molecule has 8 heteroatoms. The summed E-state index contributed by atoms with van der Waals surface area (Å²) in [5.41, 5.74) is 6.44. The van der Waals surface area contributed by atoms with Gasteiger partial charge >= 0.3 is 6.09 Å². The van der Waals surface area contributed by atoms with Crippen LogP contribution < -0.4 is 5.32 Å². The van der Waals surface area contributed by atoms with Crippen molar-refractivity contribution in [3.05, 3.63) is 86.0 Å². The lowest BCUT2D eigenvalue weighted by Crippen LogP contribution is -2.63. The summed E-state index contributed by atoms with van der Waals surface area (Å²) in [6.45, 7) is 19.4. The summed E-state index contributed by atoms with van der Waals surface area (Å²) >= 11 is 3.32. The number of allylic oxidation sites excluding steroid dienone is 5. The standard InChI is InChI=1S/C35H41BrFN3O3/c1-10-24(15-21(3)4)16-22(5)17-25(11-2)31-28(27-18-26(13-12-14-38)29(36)30(37)23(27)6)35(32(41)39-31)19-40(20-35)33(42)43-34(7,8)9/h12-13,15,17-18,24H,2,10,16,19-20H2,1,3-9H3,(H,39,41)/b13-12+,22-17-. The van der Waals surface area contributed by atoms with E-state index in [9.17, 15) is 9.59 Å². The molecule has 43 heavy (non-hydrogen) atoms. The molecule has 2 heterocycles. The number of hydrogen-bond donors (Lipinski definition) is 1. The Morgan fingerprint density at radius 2 is 1.98 bits per heavy atom. The van der Waals surface area contributed by atoms with Gasteiger partial charge in [0.05, 0.1) is 16.2 Å². The molecule has 1 N–H and O–H groups in total. The number of likely N-dealkylation sites (tertiary alicyclic amines) is 1. The molecule has 2 amide bonds. The first-order valence-electron chi connectivity index (χ1n) is 14.4. The molecule has 1 aromatic rings. The highest BCUT2D eigenvalue weighted by molar-refractivity contribution is 9.10. The van der Waals surface area contributed by atoms with Crippen molar-refractivity contribution in [2.45, 2.75) is 73.8 Å². The Balaban J connectivity index is 2.23. The van der Waals surface area contributed by atoms with E-state index in [1.807, 2.05) is 19.1 Å². The van der Waals surface area contributed by atoms with Crippen LogP contribution in [0.4, 0.5) is 9.18 Å². The molecule has 1 aromatic carbocycles. The first-order chi connectivity index (χ1) is 20.1. The predicted molar refractivity (Wildman–Crippen MR) is 173 cm³/mol. The maximum atomic E-state index is 15.7. The summed E-state index contributed by atoms with van der Waals surface area (Å²) < 4.78 is 21.4. The van der Waals surface area contributed by atoms with Crippen LogP contribution in [-0.4, -0.2) is 35.6 Å². The van der Waals surface area contributed by atoms with Gasteiger partial charge in [-0.05, 0) is 118 Å². The molecule has 1 spiro atoms. The third-order valence-electron chi connectivity index (χ3n) is 7.59. The van der Waals surface area contributed by atoms with Crippen LogP contribution in [0.2, 0.25) is 0 Å². The summed E-state index contributed by atoms with van der Waals surface area (Å²) in [6.07, 6.45) is 8.29. The predicted octanol–water partition coefficient (Wildman–Crippen LogP) is 8.55. The number of nitriles is 1. The average molecular weight is 651 g/mol. The Kier molecular flexibility index (Phi) is 10.5. The molecule has 0 radical (unpaired) electrons. The fourth-order valence-corrected chi connectivity index (χ4v) is 6.12. The van der Waals surface area contributed by atoms with Crippen molar-refractivity contribution in [1.82, 2.24) is 10.2 Å². The molecule has 0 saturated carbocycles. The minimum atomic E-state index is -1.13. The zero-order valence-electron chi connectivity index (χ0n) is 26.4. The molecule has 228 valence electrons. The zero-order chi connectivity index (χ0) is 32.3. The average Bonchev–Trinajstić information content (AvgIpc) is 3.19. The highest BCUT2D eigenvalue weighted by atomic mass is 79.9. The second-order valence-corrected chi connectivity index (χ2v) is 13.3. The van der Waals surface area contributed by atoms with Crippen LogP contribution in [0.5, 0.6) is 0 Å². The van der Waals surface area contributed by atoms with Gasteiger partial charge in [0.2, 0.25) is 5.91 Å². The molecule has 6 nitrogen and oxygen atoms in total. The normalized spacial score (nSPS) is 16.9. The minimum absolute atomic E-state index is 0.0681. The lowest BCUT2D eigenvalue weighted by atomic mass is 9.70. The van der Waals surface area contributed by atoms with Crippen molar-refractivity contribution in [2.75, 3.05) is 13.1 Å². The molecule has 0 aliphatic carbocycles. The number of carbonyl (C=O) groups is 2. The van der Waals surface area contributed by atoms with Gasteiger partial charge in [0.15, 0.2) is 0 Å². The molecule has 1 unspecified atom stereocenters. The second kappa shape index (κ2) is 13.3. The first-order valence-corrected chi connectivity index (χ1v) is 15.2. The van der Waals surface area contributed by atoms with Gasteiger partial charge in [-0.3, -0.25) is 4.79 Å². The summed E-state index contributed by atoms with van der Waals surface area (Å²) in [4.78, 5) is 28.2. The highest BCUT2D eigenvalue weighted by Gasteiger charge is 2.59.